The van der Waals surface area contributed by atoms with Crippen LogP contribution in [-0.4, -0.2) is 18.3 Å². The molecule has 0 fully saturated rings. The van der Waals surface area contributed by atoms with E-state index in [1.807, 2.05) is 32.2 Å². The van der Waals surface area contributed by atoms with Gasteiger partial charge in [0, 0.05) is 9.92 Å². The Bertz CT molecular complexity index is 411. The molecule has 0 aliphatic rings. The van der Waals surface area contributed by atoms with Crippen molar-refractivity contribution in [2.45, 2.75) is 36.6 Å². The number of nitrogens with zero attached hydrogens (tertiary/aromatic N) is 1. The highest BCUT2D eigenvalue weighted by Gasteiger charge is 2.24. The van der Waals surface area contributed by atoms with Gasteiger partial charge in [-0.2, -0.15) is 5.26 Å². The van der Waals surface area contributed by atoms with E-state index >= 15 is 0 Å². The van der Waals surface area contributed by atoms with Crippen molar-refractivity contribution in [2.24, 2.45) is 0 Å². The van der Waals surface area contributed by atoms with Crippen LogP contribution < -0.4 is 5.32 Å². The van der Waals surface area contributed by atoms with E-state index in [0.717, 1.165) is 30.0 Å². The molecule has 0 spiro atoms. The maximum atomic E-state index is 9.19. The molecule has 1 atom stereocenters. The number of thioether (sulfide) groups is 1. The quantitative estimate of drug-likeness (QED) is 0.604. The van der Waals surface area contributed by atoms with Crippen molar-refractivity contribution in [3.8, 4) is 6.07 Å². The van der Waals surface area contributed by atoms with Gasteiger partial charge in [0.1, 0.15) is 5.54 Å². The highest BCUT2D eigenvalue weighted by atomic mass is 35.5. The first-order valence-electron chi connectivity index (χ1n) is 6.14. The highest BCUT2D eigenvalue weighted by molar-refractivity contribution is 7.99. The van der Waals surface area contributed by atoms with Crippen molar-refractivity contribution in [1.82, 2.24) is 5.32 Å². The normalized spacial score (nSPS) is 13.9. The molecule has 0 amide bonds. The minimum absolute atomic E-state index is 0.366. The van der Waals surface area contributed by atoms with Crippen LogP contribution in [0.4, 0.5) is 0 Å². The van der Waals surface area contributed by atoms with Crippen LogP contribution in [0.2, 0.25) is 5.02 Å². The minimum Gasteiger partial charge on any atom is -0.302 e. The average molecular weight is 283 g/mol. The summed E-state index contributed by atoms with van der Waals surface area (Å²) < 4.78 is 0. The Kier molecular flexibility index (Phi) is 6.56. The smallest absolute Gasteiger partial charge is 0.106 e. The van der Waals surface area contributed by atoms with Gasteiger partial charge in [-0.1, -0.05) is 24.6 Å². The van der Waals surface area contributed by atoms with E-state index in [-0.39, 0.29) is 5.54 Å². The molecular formula is C14H19ClN2S. The minimum atomic E-state index is -0.366. The molecule has 0 aliphatic carbocycles. The summed E-state index contributed by atoms with van der Waals surface area (Å²) in [5.41, 5.74) is -0.366. The first-order chi connectivity index (χ1) is 8.65. The van der Waals surface area contributed by atoms with Crippen molar-refractivity contribution in [3.05, 3.63) is 29.3 Å². The van der Waals surface area contributed by atoms with Gasteiger partial charge in [-0.05, 0) is 50.3 Å². The molecule has 0 saturated carbocycles. The fourth-order valence-electron chi connectivity index (χ4n) is 1.79. The number of nitrogens with one attached hydrogen (secondary N) is 1. The van der Waals surface area contributed by atoms with Crippen molar-refractivity contribution in [3.63, 3.8) is 0 Å². The molecule has 2 nitrogen and oxygen atoms in total. The summed E-state index contributed by atoms with van der Waals surface area (Å²) >= 11 is 7.72. The molecule has 0 radical (unpaired) electrons. The lowest BCUT2D eigenvalue weighted by atomic mass is 9.93. The van der Waals surface area contributed by atoms with Crippen LogP contribution in [0.25, 0.3) is 0 Å². The monoisotopic (exact) mass is 282 g/mol. The Morgan fingerprint density at radius 3 is 2.83 bits per heavy atom. The molecule has 1 rings (SSSR count). The van der Waals surface area contributed by atoms with E-state index in [0.29, 0.717) is 0 Å². The Labute approximate surface area is 119 Å². The molecule has 0 heterocycles. The van der Waals surface area contributed by atoms with Gasteiger partial charge in [0.2, 0.25) is 0 Å². The topological polar surface area (TPSA) is 35.8 Å². The van der Waals surface area contributed by atoms with E-state index in [1.54, 1.807) is 11.8 Å². The van der Waals surface area contributed by atoms with Crippen molar-refractivity contribution in [2.75, 3.05) is 12.8 Å². The fourth-order valence-corrected chi connectivity index (χ4v) is 2.95. The Morgan fingerprint density at radius 1 is 1.50 bits per heavy atom. The van der Waals surface area contributed by atoms with E-state index < -0.39 is 0 Å². The summed E-state index contributed by atoms with van der Waals surface area (Å²) in [6.45, 7) is 2.05. The van der Waals surface area contributed by atoms with Crippen LogP contribution in [0, 0.1) is 11.3 Å². The standard InChI is InChI=1S/C14H19ClN2S/c1-3-14(11-16,17-2)8-5-9-18-13-7-4-6-12(15)10-13/h4,6-7,10,17H,3,5,8-9H2,1-2H3. The van der Waals surface area contributed by atoms with E-state index in [4.69, 9.17) is 11.6 Å². The second-order valence-corrected chi connectivity index (χ2v) is 5.81. The Morgan fingerprint density at radius 2 is 2.28 bits per heavy atom. The lowest BCUT2D eigenvalue weighted by Gasteiger charge is -2.24. The summed E-state index contributed by atoms with van der Waals surface area (Å²) in [4.78, 5) is 1.19. The number of halogens is 1. The summed E-state index contributed by atoms with van der Waals surface area (Å²) in [6, 6.07) is 10.3. The number of hydrogen-bond acceptors (Lipinski definition) is 3. The second-order valence-electron chi connectivity index (χ2n) is 4.21. The predicted octanol–water partition coefficient (Wildman–Crippen LogP) is 4.10. The van der Waals surface area contributed by atoms with Gasteiger partial charge in [0.25, 0.3) is 0 Å². The van der Waals surface area contributed by atoms with Gasteiger partial charge in [-0.3, -0.25) is 0 Å². The third kappa shape index (κ3) is 4.53. The molecule has 1 aromatic rings. The largest absolute Gasteiger partial charge is 0.302 e. The maximum absolute atomic E-state index is 9.19. The number of benzene rings is 1. The van der Waals surface area contributed by atoms with E-state index in [2.05, 4.69) is 17.5 Å². The Balaban J connectivity index is 2.37. The van der Waals surface area contributed by atoms with Crippen molar-refractivity contribution < 1.29 is 0 Å². The molecule has 18 heavy (non-hydrogen) atoms. The summed E-state index contributed by atoms with van der Waals surface area (Å²) in [7, 11) is 1.86. The molecule has 4 heteroatoms. The molecule has 0 aromatic heterocycles. The predicted molar refractivity (Wildman–Crippen MR) is 79.1 cm³/mol. The first kappa shape index (κ1) is 15.4. The number of rotatable bonds is 7. The zero-order chi connectivity index (χ0) is 13.4. The van der Waals surface area contributed by atoms with Gasteiger partial charge in [0.15, 0.2) is 0 Å². The lowest BCUT2D eigenvalue weighted by Crippen LogP contribution is -2.40. The summed E-state index contributed by atoms with van der Waals surface area (Å²) in [5.74, 6) is 1.01. The molecule has 1 aromatic carbocycles. The lowest BCUT2D eigenvalue weighted by molar-refractivity contribution is 0.400. The molecule has 0 saturated heterocycles. The van der Waals surface area contributed by atoms with Crippen LogP contribution in [0.1, 0.15) is 26.2 Å². The molecular weight excluding hydrogens is 264 g/mol. The van der Waals surface area contributed by atoms with Gasteiger partial charge >= 0.3 is 0 Å². The van der Waals surface area contributed by atoms with Gasteiger partial charge in [-0.15, -0.1) is 11.8 Å². The fraction of sp³-hybridized carbons (Fsp3) is 0.500. The summed E-state index contributed by atoms with van der Waals surface area (Å²) in [5, 5.41) is 13.1. The zero-order valence-corrected chi connectivity index (χ0v) is 12.4. The van der Waals surface area contributed by atoms with Gasteiger partial charge in [0.05, 0.1) is 6.07 Å². The highest BCUT2D eigenvalue weighted by Crippen LogP contribution is 2.24. The SMILES string of the molecule is CCC(C#N)(CCCSc1cccc(Cl)c1)NC. The van der Waals surface area contributed by atoms with Gasteiger partial charge < -0.3 is 5.32 Å². The molecule has 1 N–H and O–H groups in total. The van der Waals surface area contributed by atoms with Crippen LogP contribution in [0.3, 0.4) is 0 Å². The summed E-state index contributed by atoms with van der Waals surface area (Å²) in [6.07, 6.45) is 2.73. The zero-order valence-electron chi connectivity index (χ0n) is 10.9. The van der Waals surface area contributed by atoms with Crippen molar-refractivity contribution in [1.29, 1.82) is 5.26 Å². The first-order valence-corrected chi connectivity index (χ1v) is 7.50. The molecule has 0 aliphatic heterocycles. The number of nitriles is 1. The van der Waals surface area contributed by atoms with E-state index in [9.17, 15) is 5.26 Å². The third-order valence-electron chi connectivity index (χ3n) is 3.11. The second kappa shape index (κ2) is 7.68. The van der Waals surface area contributed by atoms with E-state index in [1.165, 1.54) is 4.90 Å². The average Bonchev–Trinajstić information content (AvgIpc) is 2.40. The van der Waals surface area contributed by atoms with Crippen LogP contribution >= 0.6 is 23.4 Å². The van der Waals surface area contributed by atoms with Gasteiger partial charge in [-0.25, -0.2) is 0 Å². The van der Waals surface area contributed by atoms with Crippen LogP contribution in [0.15, 0.2) is 29.2 Å². The number of hydrogen-bond donors (Lipinski definition) is 1. The van der Waals surface area contributed by atoms with Crippen molar-refractivity contribution >= 4 is 23.4 Å². The molecule has 0 bridgehead atoms. The molecule has 98 valence electrons. The third-order valence-corrected chi connectivity index (χ3v) is 4.42. The van der Waals surface area contributed by atoms with Crippen LogP contribution in [0.5, 0.6) is 0 Å². The van der Waals surface area contributed by atoms with Crippen LogP contribution in [-0.2, 0) is 0 Å². The maximum Gasteiger partial charge on any atom is 0.106 e. The Hall–Kier alpha value is -0.690. The molecule has 1 unspecified atom stereocenters.